The summed E-state index contributed by atoms with van der Waals surface area (Å²) in [6.45, 7) is 2.29. The molecule has 2 aliphatic rings. The fourth-order valence-electron chi connectivity index (χ4n) is 3.30. The van der Waals surface area contributed by atoms with Crippen molar-refractivity contribution in [3.8, 4) is 5.75 Å². The minimum absolute atomic E-state index is 0.179. The van der Waals surface area contributed by atoms with Gasteiger partial charge in [0.2, 0.25) is 0 Å². The maximum absolute atomic E-state index is 12.4. The number of halogens is 1. The first kappa shape index (κ1) is 13.0. The summed E-state index contributed by atoms with van der Waals surface area (Å²) in [5.74, 6) is 1.64. The van der Waals surface area contributed by atoms with Gasteiger partial charge in [0.1, 0.15) is 11.4 Å². The minimum atomic E-state index is -0.261. The number of ether oxygens (including phenoxy) is 1. The smallest absolute Gasteiger partial charge is 0.170 e. The van der Waals surface area contributed by atoms with Crippen molar-refractivity contribution in [3.63, 3.8) is 0 Å². The van der Waals surface area contributed by atoms with Gasteiger partial charge in [0.15, 0.2) is 5.78 Å². The zero-order chi connectivity index (χ0) is 13.5. The lowest BCUT2D eigenvalue weighted by Gasteiger charge is -2.37. The van der Waals surface area contributed by atoms with Crippen LogP contribution in [0.4, 0.5) is 0 Å². The monoisotopic (exact) mass is 278 g/mol. The molecule has 0 N–H and O–H groups in total. The van der Waals surface area contributed by atoms with Crippen LogP contribution in [0, 0.1) is 5.92 Å². The van der Waals surface area contributed by atoms with Gasteiger partial charge in [-0.3, -0.25) is 4.79 Å². The molecule has 1 heterocycles. The van der Waals surface area contributed by atoms with Crippen LogP contribution >= 0.6 is 11.6 Å². The third-order valence-electron chi connectivity index (χ3n) is 4.47. The second-order valence-corrected chi connectivity index (χ2v) is 6.50. The van der Waals surface area contributed by atoms with Crippen molar-refractivity contribution < 1.29 is 9.53 Å². The van der Waals surface area contributed by atoms with Crippen molar-refractivity contribution in [1.29, 1.82) is 0 Å². The number of hydrogen-bond acceptors (Lipinski definition) is 2. The summed E-state index contributed by atoms with van der Waals surface area (Å²) in [6.07, 6.45) is 6.03. The quantitative estimate of drug-likeness (QED) is 0.691. The van der Waals surface area contributed by atoms with Gasteiger partial charge in [-0.1, -0.05) is 24.9 Å². The predicted molar refractivity (Wildman–Crippen MR) is 76.0 cm³/mol. The number of ketones is 1. The molecule has 2 atom stereocenters. The normalized spacial score (nSPS) is 30.6. The van der Waals surface area contributed by atoms with E-state index in [-0.39, 0.29) is 11.4 Å². The minimum Gasteiger partial charge on any atom is -0.486 e. The van der Waals surface area contributed by atoms with Crippen LogP contribution in [0.1, 0.15) is 55.8 Å². The van der Waals surface area contributed by atoms with Gasteiger partial charge >= 0.3 is 0 Å². The molecule has 102 valence electrons. The molecule has 3 heteroatoms. The van der Waals surface area contributed by atoms with E-state index in [4.69, 9.17) is 16.3 Å². The van der Waals surface area contributed by atoms with E-state index in [0.717, 1.165) is 37.4 Å². The second kappa shape index (κ2) is 4.82. The van der Waals surface area contributed by atoms with Crippen molar-refractivity contribution in [2.75, 3.05) is 0 Å². The average molecular weight is 279 g/mol. The molecule has 1 aliphatic carbocycles. The SMILES string of the molecule is CC1CCCC2(CC1)CC(=O)c1cc(Cl)ccc1O2. The topological polar surface area (TPSA) is 26.3 Å². The summed E-state index contributed by atoms with van der Waals surface area (Å²) in [5.41, 5.74) is 0.387. The Kier molecular flexibility index (Phi) is 3.30. The number of benzene rings is 1. The van der Waals surface area contributed by atoms with E-state index >= 15 is 0 Å². The van der Waals surface area contributed by atoms with Crippen molar-refractivity contribution in [2.45, 2.75) is 51.0 Å². The summed E-state index contributed by atoms with van der Waals surface area (Å²) >= 11 is 5.96. The molecule has 0 bridgehead atoms. The lowest BCUT2D eigenvalue weighted by atomic mass is 9.84. The van der Waals surface area contributed by atoms with Gasteiger partial charge in [-0.15, -0.1) is 0 Å². The Labute approximate surface area is 119 Å². The molecule has 0 amide bonds. The van der Waals surface area contributed by atoms with E-state index in [1.54, 1.807) is 12.1 Å². The van der Waals surface area contributed by atoms with Gasteiger partial charge < -0.3 is 4.74 Å². The van der Waals surface area contributed by atoms with Crippen LogP contribution in [-0.4, -0.2) is 11.4 Å². The molecule has 1 saturated carbocycles. The highest BCUT2D eigenvalue weighted by atomic mass is 35.5. The molecule has 1 aromatic carbocycles. The number of Topliss-reactive ketones (excluding diaryl/α,β-unsaturated/α-hetero) is 1. The number of rotatable bonds is 0. The molecule has 2 nitrogen and oxygen atoms in total. The Bertz CT molecular complexity index is 511. The summed E-state index contributed by atoms with van der Waals surface area (Å²) < 4.78 is 6.23. The van der Waals surface area contributed by atoms with Crippen LogP contribution in [0.5, 0.6) is 5.75 Å². The van der Waals surface area contributed by atoms with Crippen LogP contribution in [0.3, 0.4) is 0 Å². The third-order valence-corrected chi connectivity index (χ3v) is 4.71. The van der Waals surface area contributed by atoms with Gasteiger partial charge in [0.25, 0.3) is 0 Å². The Morgan fingerprint density at radius 1 is 1.32 bits per heavy atom. The lowest BCUT2D eigenvalue weighted by molar-refractivity contribution is 0.0291. The van der Waals surface area contributed by atoms with E-state index < -0.39 is 0 Å². The molecular weight excluding hydrogens is 260 g/mol. The largest absolute Gasteiger partial charge is 0.486 e. The maximum atomic E-state index is 12.4. The molecule has 2 unspecified atom stereocenters. The number of carbonyl (C=O) groups is 1. The molecule has 0 aromatic heterocycles. The Hall–Kier alpha value is -1.02. The Morgan fingerprint density at radius 3 is 3.00 bits per heavy atom. The fraction of sp³-hybridized carbons (Fsp3) is 0.562. The number of carbonyl (C=O) groups excluding carboxylic acids is 1. The fourth-order valence-corrected chi connectivity index (χ4v) is 3.47. The number of hydrogen-bond donors (Lipinski definition) is 0. The second-order valence-electron chi connectivity index (χ2n) is 6.06. The Balaban J connectivity index is 1.91. The maximum Gasteiger partial charge on any atom is 0.170 e. The van der Waals surface area contributed by atoms with E-state index in [9.17, 15) is 4.79 Å². The zero-order valence-corrected chi connectivity index (χ0v) is 12.0. The highest BCUT2D eigenvalue weighted by molar-refractivity contribution is 6.31. The molecule has 0 saturated heterocycles. The van der Waals surface area contributed by atoms with Gasteiger partial charge in [-0.25, -0.2) is 0 Å². The van der Waals surface area contributed by atoms with Gasteiger partial charge in [0.05, 0.1) is 12.0 Å². The van der Waals surface area contributed by atoms with Crippen LogP contribution in [0.25, 0.3) is 0 Å². The molecule has 1 aliphatic heterocycles. The van der Waals surface area contributed by atoms with Crippen molar-refractivity contribution >= 4 is 17.4 Å². The van der Waals surface area contributed by atoms with E-state index in [1.807, 2.05) is 6.07 Å². The zero-order valence-electron chi connectivity index (χ0n) is 11.2. The molecular formula is C16H19ClO2. The molecule has 3 rings (SSSR count). The molecule has 19 heavy (non-hydrogen) atoms. The van der Waals surface area contributed by atoms with Gasteiger partial charge in [0, 0.05) is 5.02 Å². The van der Waals surface area contributed by atoms with Crippen LogP contribution in [-0.2, 0) is 0 Å². The Morgan fingerprint density at radius 2 is 2.16 bits per heavy atom. The lowest BCUT2D eigenvalue weighted by Crippen LogP contribution is -2.41. The molecule has 0 radical (unpaired) electrons. The first-order valence-corrected chi connectivity index (χ1v) is 7.48. The van der Waals surface area contributed by atoms with Crippen LogP contribution < -0.4 is 4.74 Å². The van der Waals surface area contributed by atoms with Crippen molar-refractivity contribution in [1.82, 2.24) is 0 Å². The van der Waals surface area contributed by atoms with E-state index in [0.29, 0.717) is 17.0 Å². The molecule has 1 fully saturated rings. The molecule has 1 aromatic rings. The van der Waals surface area contributed by atoms with Crippen molar-refractivity contribution in [3.05, 3.63) is 28.8 Å². The van der Waals surface area contributed by atoms with Crippen molar-refractivity contribution in [2.24, 2.45) is 5.92 Å². The summed E-state index contributed by atoms with van der Waals surface area (Å²) in [6, 6.07) is 5.36. The average Bonchev–Trinajstić information content (AvgIpc) is 2.54. The van der Waals surface area contributed by atoms with E-state index in [1.165, 1.54) is 6.42 Å². The van der Waals surface area contributed by atoms with Gasteiger partial charge in [-0.05, 0) is 49.8 Å². The molecule has 1 spiro atoms. The van der Waals surface area contributed by atoms with E-state index in [2.05, 4.69) is 6.92 Å². The van der Waals surface area contributed by atoms with Gasteiger partial charge in [-0.2, -0.15) is 0 Å². The highest BCUT2D eigenvalue weighted by Crippen LogP contribution is 2.42. The van der Waals surface area contributed by atoms with Crippen LogP contribution in [0.2, 0.25) is 5.02 Å². The first-order chi connectivity index (χ1) is 9.08. The highest BCUT2D eigenvalue weighted by Gasteiger charge is 2.41. The predicted octanol–water partition coefficient (Wildman–Crippen LogP) is 4.64. The summed E-state index contributed by atoms with van der Waals surface area (Å²) in [7, 11) is 0. The standard InChI is InChI=1S/C16H19ClO2/c1-11-3-2-7-16(8-6-11)10-14(18)13-9-12(17)4-5-15(13)19-16/h4-5,9,11H,2-3,6-8,10H2,1H3. The third kappa shape index (κ3) is 2.51. The first-order valence-electron chi connectivity index (χ1n) is 7.10. The summed E-state index contributed by atoms with van der Waals surface area (Å²) in [5, 5.41) is 0.598. The van der Waals surface area contributed by atoms with Crippen LogP contribution in [0.15, 0.2) is 18.2 Å². The number of fused-ring (bicyclic) bond motifs is 1. The summed E-state index contributed by atoms with van der Waals surface area (Å²) in [4.78, 5) is 12.4.